The minimum atomic E-state index is -0.104. The maximum absolute atomic E-state index is 12.2. The second kappa shape index (κ2) is 6.66. The molecule has 1 aliphatic heterocycles. The highest BCUT2D eigenvalue weighted by molar-refractivity contribution is 6.42. The number of rotatable bonds is 2. The number of nitrogens with zero attached hydrogens (tertiary/aromatic N) is 1. The Labute approximate surface area is 129 Å². The van der Waals surface area contributed by atoms with E-state index in [-0.39, 0.29) is 6.03 Å². The van der Waals surface area contributed by atoms with Gasteiger partial charge in [-0.25, -0.2) is 4.79 Å². The molecule has 2 rings (SSSR count). The summed E-state index contributed by atoms with van der Waals surface area (Å²) in [4.78, 5) is 15.5. The zero-order valence-corrected chi connectivity index (χ0v) is 13.3. The van der Waals surface area contributed by atoms with E-state index in [0.29, 0.717) is 21.8 Å². The van der Waals surface area contributed by atoms with Crippen molar-refractivity contribution < 1.29 is 9.69 Å². The van der Waals surface area contributed by atoms with Gasteiger partial charge in [-0.1, -0.05) is 23.2 Å². The molecule has 0 radical (unpaired) electrons. The Morgan fingerprint density at radius 1 is 1.30 bits per heavy atom. The van der Waals surface area contributed by atoms with E-state index in [4.69, 9.17) is 23.2 Å². The SMILES string of the molecule is CN(C(=O)Nc1ccc(Cl)c(Cl)c1)C1CC[NH+](C)CC1. The summed E-state index contributed by atoms with van der Waals surface area (Å²) in [6.45, 7) is 2.21. The molecule has 1 heterocycles. The molecule has 1 aromatic rings. The van der Waals surface area contributed by atoms with E-state index >= 15 is 0 Å². The van der Waals surface area contributed by atoms with Gasteiger partial charge in [0.05, 0.1) is 30.2 Å². The van der Waals surface area contributed by atoms with Gasteiger partial charge in [0.2, 0.25) is 0 Å². The molecule has 0 aliphatic carbocycles. The number of carbonyl (C=O) groups is 1. The lowest BCUT2D eigenvalue weighted by molar-refractivity contribution is -0.885. The Hall–Kier alpha value is -0.970. The van der Waals surface area contributed by atoms with Gasteiger partial charge in [-0.05, 0) is 18.2 Å². The first-order valence-electron chi connectivity index (χ1n) is 6.77. The first kappa shape index (κ1) is 15.4. The molecule has 6 heteroatoms. The van der Waals surface area contributed by atoms with Crippen LogP contribution in [0.2, 0.25) is 10.0 Å². The largest absolute Gasteiger partial charge is 0.337 e. The van der Waals surface area contributed by atoms with Crippen LogP contribution in [-0.4, -0.2) is 44.2 Å². The average molecular weight is 317 g/mol. The molecule has 0 aromatic heterocycles. The first-order chi connectivity index (χ1) is 9.47. The van der Waals surface area contributed by atoms with Gasteiger partial charge in [0, 0.05) is 31.6 Å². The number of hydrogen-bond acceptors (Lipinski definition) is 1. The summed E-state index contributed by atoms with van der Waals surface area (Å²) in [5, 5.41) is 3.78. The Morgan fingerprint density at radius 3 is 2.55 bits per heavy atom. The number of benzene rings is 1. The van der Waals surface area contributed by atoms with Crippen LogP contribution in [0.25, 0.3) is 0 Å². The minimum absolute atomic E-state index is 0.104. The molecule has 0 bridgehead atoms. The fourth-order valence-electron chi connectivity index (χ4n) is 2.43. The fourth-order valence-corrected chi connectivity index (χ4v) is 2.73. The molecule has 1 fully saturated rings. The summed E-state index contributed by atoms with van der Waals surface area (Å²) in [5.41, 5.74) is 0.662. The van der Waals surface area contributed by atoms with Crippen molar-refractivity contribution in [2.75, 3.05) is 32.5 Å². The highest BCUT2D eigenvalue weighted by Crippen LogP contribution is 2.25. The van der Waals surface area contributed by atoms with Gasteiger partial charge in [-0.3, -0.25) is 0 Å². The molecule has 0 unspecified atom stereocenters. The van der Waals surface area contributed by atoms with Crippen LogP contribution in [-0.2, 0) is 0 Å². The number of anilines is 1. The van der Waals surface area contributed by atoms with Crippen LogP contribution in [0.15, 0.2) is 18.2 Å². The number of hydrogen-bond donors (Lipinski definition) is 2. The molecule has 2 amide bonds. The topological polar surface area (TPSA) is 36.8 Å². The molecule has 0 atom stereocenters. The third-order valence-electron chi connectivity index (χ3n) is 3.85. The van der Waals surface area contributed by atoms with E-state index in [2.05, 4.69) is 12.4 Å². The van der Waals surface area contributed by atoms with Crippen molar-refractivity contribution in [3.05, 3.63) is 28.2 Å². The Kier molecular flexibility index (Phi) is 5.13. The van der Waals surface area contributed by atoms with Crippen LogP contribution in [0.5, 0.6) is 0 Å². The Morgan fingerprint density at radius 2 is 1.95 bits per heavy atom. The number of nitrogens with one attached hydrogen (secondary N) is 2. The second-order valence-corrected chi connectivity index (χ2v) is 6.17. The Balaban J connectivity index is 1.95. The van der Waals surface area contributed by atoms with E-state index in [1.165, 1.54) is 4.90 Å². The number of urea groups is 1. The molecule has 1 aromatic carbocycles. The van der Waals surface area contributed by atoms with Gasteiger partial charge in [-0.15, -0.1) is 0 Å². The quantitative estimate of drug-likeness (QED) is 0.861. The maximum atomic E-state index is 12.2. The summed E-state index contributed by atoms with van der Waals surface area (Å²) in [6, 6.07) is 5.29. The molecule has 1 saturated heterocycles. The predicted molar refractivity (Wildman–Crippen MR) is 82.9 cm³/mol. The van der Waals surface area contributed by atoms with Crippen LogP contribution >= 0.6 is 23.2 Å². The van der Waals surface area contributed by atoms with Crippen LogP contribution in [0.1, 0.15) is 12.8 Å². The van der Waals surface area contributed by atoms with Crippen molar-refractivity contribution in [2.24, 2.45) is 0 Å². The second-order valence-electron chi connectivity index (χ2n) is 5.36. The molecule has 4 nitrogen and oxygen atoms in total. The monoisotopic (exact) mass is 316 g/mol. The van der Waals surface area contributed by atoms with E-state index in [1.807, 2.05) is 7.05 Å². The van der Waals surface area contributed by atoms with E-state index in [9.17, 15) is 4.79 Å². The lowest BCUT2D eigenvalue weighted by atomic mass is 10.0. The van der Waals surface area contributed by atoms with Gasteiger partial charge >= 0.3 is 6.03 Å². The van der Waals surface area contributed by atoms with Crippen molar-refractivity contribution in [2.45, 2.75) is 18.9 Å². The number of piperidine rings is 1. The molecular weight excluding hydrogens is 297 g/mol. The van der Waals surface area contributed by atoms with E-state index < -0.39 is 0 Å². The highest BCUT2D eigenvalue weighted by Gasteiger charge is 2.25. The van der Waals surface area contributed by atoms with Gasteiger partial charge < -0.3 is 15.1 Å². The van der Waals surface area contributed by atoms with Crippen molar-refractivity contribution in [3.63, 3.8) is 0 Å². The first-order valence-corrected chi connectivity index (χ1v) is 7.53. The van der Waals surface area contributed by atoms with Gasteiger partial charge in [0.15, 0.2) is 0 Å². The van der Waals surface area contributed by atoms with Crippen LogP contribution in [0.4, 0.5) is 10.5 Å². The third kappa shape index (κ3) is 3.78. The van der Waals surface area contributed by atoms with Crippen LogP contribution in [0, 0.1) is 0 Å². The van der Waals surface area contributed by atoms with Gasteiger partial charge in [0.1, 0.15) is 0 Å². The van der Waals surface area contributed by atoms with Gasteiger partial charge in [-0.2, -0.15) is 0 Å². The molecule has 110 valence electrons. The maximum Gasteiger partial charge on any atom is 0.321 e. The molecule has 0 spiro atoms. The van der Waals surface area contributed by atoms with Crippen LogP contribution < -0.4 is 10.2 Å². The van der Waals surface area contributed by atoms with Gasteiger partial charge in [0.25, 0.3) is 0 Å². The van der Waals surface area contributed by atoms with Crippen molar-refractivity contribution in [1.29, 1.82) is 0 Å². The molecular formula is C14H20Cl2N3O+. The van der Waals surface area contributed by atoms with Crippen molar-refractivity contribution in [3.8, 4) is 0 Å². The minimum Gasteiger partial charge on any atom is -0.337 e. The summed E-state index contributed by atoms with van der Waals surface area (Å²) in [6.07, 6.45) is 2.08. The van der Waals surface area contributed by atoms with Crippen molar-refractivity contribution in [1.82, 2.24) is 4.90 Å². The number of likely N-dealkylation sites (tertiary alicyclic amines) is 1. The predicted octanol–water partition coefficient (Wildman–Crippen LogP) is 2.13. The molecule has 0 saturated carbocycles. The highest BCUT2D eigenvalue weighted by atomic mass is 35.5. The summed E-state index contributed by atoms with van der Waals surface area (Å²) in [7, 11) is 4.03. The average Bonchev–Trinajstić information content (AvgIpc) is 2.43. The fraction of sp³-hybridized carbons (Fsp3) is 0.500. The number of halogens is 2. The molecule has 1 aliphatic rings. The molecule has 2 N–H and O–H groups in total. The summed E-state index contributed by atoms with van der Waals surface area (Å²) in [5.74, 6) is 0. The zero-order chi connectivity index (χ0) is 14.7. The van der Waals surface area contributed by atoms with E-state index in [0.717, 1.165) is 25.9 Å². The Bertz CT molecular complexity index is 487. The summed E-state index contributed by atoms with van der Waals surface area (Å²) < 4.78 is 0. The third-order valence-corrected chi connectivity index (χ3v) is 4.59. The van der Waals surface area contributed by atoms with E-state index in [1.54, 1.807) is 23.1 Å². The number of amides is 2. The van der Waals surface area contributed by atoms with Crippen LogP contribution in [0.3, 0.4) is 0 Å². The smallest absolute Gasteiger partial charge is 0.321 e. The van der Waals surface area contributed by atoms with Crippen molar-refractivity contribution >= 4 is 34.9 Å². The number of carbonyl (C=O) groups excluding carboxylic acids is 1. The lowest BCUT2D eigenvalue weighted by Crippen LogP contribution is -3.10. The standard InChI is InChI=1S/C14H19Cl2N3O/c1-18-7-5-11(6-8-18)19(2)14(20)17-10-3-4-12(15)13(16)9-10/h3-4,9,11H,5-8H2,1-2H3,(H,17,20)/p+1. The normalized spacial score (nSPS) is 22.4. The lowest BCUT2D eigenvalue weighted by Gasteiger charge is -2.33. The summed E-state index contributed by atoms with van der Waals surface area (Å²) >= 11 is 11.8. The zero-order valence-electron chi connectivity index (χ0n) is 11.7. The number of quaternary nitrogens is 1. The molecule has 20 heavy (non-hydrogen) atoms.